The van der Waals surface area contributed by atoms with E-state index in [0.717, 1.165) is 6.07 Å². The van der Waals surface area contributed by atoms with Gasteiger partial charge in [-0.3, -0.25) is 4.79 Å². The maximum atomic E-state index is 13.6. The number of halogens is 2. The molecule has 0 aliphatic heterocycles. The highest BCUT2D eigenvalue weighted by atomic mass is 19.1. The molecule has 0 atom stereocenters. The van der Waals surface area contributed by atoms with Crippen LogP contribution in [0.4, 0.5) is 14.5 Å². The number of carbonyl (C=O) groups is 1. The summed E-state index contributed by atoms with van der Waals surface area (Å²) < 4.78 is 26.9. The number of primary amides is 1. The number of carbonyl (C=O) groups excluding carboxylic acids is 1. The molecule has 0 saturated heterocycles. The molecule has 1 aromatic rings. The summed E-state index contributed by atoms with van der Waals surface area (Å²) >= 11 is 0. The van der Waals surface area contributed by atoms with Gasteiger partial charge in [-0.25, -0.2) is 8.78 Å². The van der Waals surface area contributed by atoms with Crippen LogP contribution in [-0.2, 0) is 0 Å². The third kappa shape index (κ3) is 3.20. The van der Waals surface area contributed by atoms with Crippen molar-refractivity contribution in [3.8, 4) is 0 Å². The molecule has 2 rings (SSSR count). The Balaban J connectivity index is 2.15. The highest BCUT2D eigenvalue weighted by Gasteiger charge is 2.21. The number of rotatable bonds is 3. The lowest BCUT2D eigenvalue weighted by molar-refractivity contribution is 0.0996. The SMILES string of the molecule is NC(=O)c1cc(NC2CCC(O)CC2)c(F)cc1F. The standard InChI is InChI=1S/C13H16F2N2O2/c14-10-6-11(15)12(5-9(10)13(16)19)17-7-1-3-8(18)4-2-7/h5-8,17-18H,1-4H2,(H2,16,19). The second-order valence-corrected chi connectivity index (χ2v) is 4.83. The second kappa shape index (κ2) is 5.52. The first kappa shape index (κ1) is 13.7. The van der Waals surface area contributed by atoms with Crippen molar-refractivity contribution in [1.82, 2.24) is 0 Å². The van der Waals surface area contributed by atoms with Crippen molar-refractivity contribution in [1.29, 1.82) is 0 Å². The molecule has 104 valence electrons. The molecular weight excluding hydrogens is 254 g/mol. The van der Waals surface area contributed by atoms with E-state index in [1.165, 1.54) is 0 Å². The largest absolute Gasteiger partial charge is 0.393 e. The van der Waals surface area contributed by atoms with Crippen LogP contribution in [0, 0.1) is 11.6 Å². The number of nitrogens with two attached hydrogens (primary N) is 1. The smallest absolute Gasteiger partial charge is 0.251 e. The van der Waals surface area contributed by atoms with Gasteiger partial charge in [0.25, 0.3) is 5.91 Å². The number of amides is 1. The topological polar surface area (TPSA) is 75.4 Å². The lowest BCUT2D eigenvalue weighted by Crippen LogP contribution is -2.28. The molecule has 0 heterocycles. The Morgan fingerprint density at radius 3 is 2.42 bits per heavy atom. The van der Waals surface area contributed by atoms with Crippen LogP contribution in [0.25, 0.3) is 0 Å². The predicted molar refractivity (Wildman–Crippen MR) is 66.8 cm³/mol. The zero-order chi connectivity index (χ0) is 14.0. The summed E-state index contributed by atoms with van der Waals surface area (Å²) in [5, 5.41) is 12.3. The quantitative estimate of drug-likeness (QED) is 0.783. The molecule has 0 radical (unpaired) electrons. The summed E-state index contributed by atoms with van der Waals surface area (Å²) in [6.45, 7) is 0. The molecule has 1 aliphatic carbocycles. The van der Waals surface area contributed by atoms with Crippen molar-refractivity contribution in [2.75, 3.05) is 5.32 Å². The average molecular weight is 270 g/mol. The third-order valence-corrected chi connectivity index (χ3v) is 3.38. The monoisotopic (exact) mass is 270 g/mol. The van der Waals surface area contributed by atoms with Crippen LogP contribution in [-0.4, -0.2) is 23.2 Å². The molecule has 1 saturated carbocycles. The number of aliphatic hydroxyl groups excluding tert-OH is 1. The fourth-order valence-electron chi connectivity index (χ4n) is 2.29. The van der Waals surface area contributed by atoms with Crippen molar-refractivity contribution in [2.45, 2.75) is 37.8 Å². The molecular formula is C13H16F2N2O2. The Kier molecular flexibility index (Phi) is 3.99. The lowest BCUT2D eigenvalue weighted by atomic mass is 9.93. The first-order valence-corrected chi connectivity index (χ1v) is 6.21. The zero-order valence-electron chi connectivity index (χ0n) is 10.3. The van der Waals surface area contributed by atoms with E-state index < -0.39 is 17.5 Å². The van der Waals surface area contributed by atoms with Crippen LogP contribution < -0.4 is 11.1 Å². The Bertz CT molecular complexity index is 486. The average Bonchev–Trinajstić information content (AvgIpc) is 2.34. The van der Waals surface area contributed by atoms with E-state index in [0.29, 0.717) is 31.7 Å². The van der Waals surface area contributed by atoms with E-state index in [9.17, 15) is 18.7 Å². The van der Waals surface area contributed by atoms with Crippen LogP contribution >= 0.6 is 0 Å². The molecule has 6 heteroatoms. The summed E-state index contributed by atoms with van der Waals surface area (Å²) in [5.74, 6) is -2.65. The highest BCUT2D eigenvalue weighted by Crippen LogP contribution is 2.25. The van der Waals surface area contributed by atoms with Crippen LogP contribution in [0.2, 0.25) is 0 Å². The van der Waals surface area contributed by atoms with Gasteiger partial charge in [0.2, 0.25) is 0 Å². The third-order valence-electron chi connectivity index (χ3n) is 3.38. The van der Waals surface area contributed by atoms with Crippen LogP contribution in [0.15, 0.2) is 12.1 Å². The first-order valence-electron chi connectivity index (χ1n) is 6.21. The van der Waals surface area contributed by atoms with Gasteiger partial charge in [-0.2, -0.15) is 0 Å². The number of benzene rings is 1. The number of hydrogen-bond acceptors (Lipinski definition) is 3. The van der Waals surface area contributed by atoms with Crippen LogP contribution in [0.5, 0.6) is 0 Å². The molecule has 0 aromatic heterocycles. The van der Waals surface area contributed by atoms with Gasteiger partial charge in [-0.1, -0.05) is 0 Å². The number of hydrogen-bond donors (Lipinski definition) is 3. The number of aliphatic hydroxyl groups is 1. The Morgan fingerprint density at radius 1 is 1.21 bits per heavy atom. The fourth-order valence-corrected chi connectivity index (χ4v) is 2.29. The van der Waals surface area contributed by atoms with Gasteiger partial charge >= 0.3 is 0 Å². The predicted octanol–water partition coefficient (Wildman–Crippen LogP) is 1.78. The van der Waals surface area contributed by atoms with E-state index >= 15 is 0 Å². The minimum absolute atomic E-state index is 0.00378. The molecule has 1 aromatic carbocycles. The summed E-state index contributed by atoms with van der Waals surface area (Å²) in [4.78, 5) is 11.0. The lowest BCUT2D eigenvalue weighted by Gasteiger charge is -2.27. The molecule has 1 fully saturated rings. The van der Waals surface area contributed by atoms with Crippen LogP contribution in [0.3, 0.4) is 0 Å². The maximum Gasteiger partial charge on any atom is 0.251 e. The second-order valence-electron chi connectivity index (χ2n) is 4.83. The van der Waals surface area contributed by atoms with E-state index in [2.05, 4.69) is 5.32 Å². The van der Waals surface area contributed by atoms with Crippen LogP contribution in [0.1, 0.15) is 36.0 Å². The van der Waals surface area contributed by atoms with Crippen molar-refractivity contribution in [3.63, 3.8) is 0 Å². The van der Waals surface area contributed by atoms with Crippen molar-refractivity contribution in [2.24, 2.45) is 5.73 Å². The van der Waals surface area contributed by atoms with Gasteiger partial charge in [0.05, 0.1) is 17.4 Å². The number of anilines is 1. The zero-order valence-corrected chi connectivity index (χ0v) is 10.3. The van der Waals surface area contributed by atoms with Crippen molar-refractivity contribution >= 4 is 11.6 Å². The first-order chi connectivity index (χ1) is 8.97. The highest BCUT2D eigenvalue weighted by molar-refractivity contribution is 5.94. The summed E-state index contributed by atoms with van der Waals surface area (Å²) in [6, 6.07) is 1.75. The molecule has 0 spiro atoms. The van der Waals surface area contributed by atoms with E-state index in [1.54, 1.807) is 0 Å². The molecule has 0 unspecified atom stereocenters. The van der Waals surface area contributed by atoms with Gasteiger partial charge in [0, 0.05) is 12.1 Å². The Labute approximate surface area is 109 Å². The molecule has 4 N–H and O–H groups in total. The van der Waals surface area contributed by atoms with Crippen molar-refractivity contribution in [3.05, 3.63) is 29.3 Å². The molecule has 1 aliphatic rings. The van der Waals surface area contributed by atoms with Crippen molar-refractivity contribution < 1.29 is 18.7 Å². The van der Waals surface area contributed by atoms with Gasteiger partial charge < -0.3 is 16.2 Å². The summed E-state index contributed by atoms with van der Waals surface area (Å²) in [7, 11) is 0. The molecule has 4 nitrogen and oxygen atoms in total. The Hall–Kier alpha value is -1.69. The van der Waals surface area contributed by atoms with Gasteiger partial charge in [0.15, 0.2) is 0 Å². The van der Waals surface area contributed by atoms with Gasteiger partial charge in [0.1, 0.15) is 11.6 Å². The molecule has 19 heavy (non-hydrogen) atoms. The number of nitrogens with one attached hydrogen (secondary N) is 1. The maximum absolute atomic E-state index is 13.6. The fraction of sp³-hybridized carbons (Fsp3) is 0.462. The minimum atomic E-state index is -0.963. The summed E-state index contributed by atoms with van der Waals surface area (Å²) in [6.07, 6.45) is 2.37. The minimum Gasteiger partial charge on any atom is -0.393 e. The van der Waals surface area contributed by atoms with E-state index in [-0.39, 0.29) is 23.4 Å². The molecule has 1 amide bonds. The van der Waals surface area contributed by atoms with E-state index in [4.69, 9.17) is 5.73 Å². The van der Waals surface area contributed by atoms with Gasteiger partial charge in [-0.15, -0.1) is 0 Å². The Morgan fingerprint density at radius 2 is 1.84 bits per heavy atom. The molecule has 0 bridgehead atoms. The van der Waals surface area contributed by atoms with Gasteiger partial charge in [-0.05, 0) is 31.7 Å². The summed E-state index contributed by atoms with van der Waals surface area (Å²) in [5.41, 5.74) is 4.76. The normalized spacial score (nSPS) is 23.1. The van der Waals surface area contributed by atoms with E-state index in [1.807, 2.05) is 0 Å².